The number of rotatable bonds is 5. The SMILES string of the molecule is CCc1ccc(NC(=O)Cn2nc(-c3ccc4c(c3)OCCO4)ccc2=O)cc1. The van der Waals surface area contributed by atoms with Gasteiger partial charge in [0.25, 0.3) is 5.56 Å². The Morgan fingerprint density at radius 1 is 1.03 bits per heavy atom. The van der Waals surface area contributed by atoms with Gasteiger partial charge in [-0.2, -0.15) is 5.10 Å². The van der Waals surface area contributed by atoms with Gasteiger partial charge in [0.1, 0.15) is 19.8 Å². The van der Waals surface area contributed by atoms with E-state index in [4.69, 9.17) is 9.47 Å². The molecule has 29 heavy (non-hydrogen) atoms. The fourth-order valence-electron chi connectivity index (χ4n) is 3.08. The van der Waals surface area contributed by atoms with Crippen molar-refractivity contribution in [2.75, 3.05) is 18.5 Å². The lowest BCUT2D eigenvalue weighted by Gasteiger charge is -2.18. The van der Waals surface area contributed by atoms with Gasteiger partial charge in [-0.15, -0.1) is 0 Å². The number of nitrogens with one attached hydrogen (secondary N) is 1. The van der Waals surface area contributed by atoms with Crippen molar-refractivity contribution in [1.29, 1.82) is 0 Å². The van der Waals surface area contributed by atoms with Crippen LogP contribution in [0.15, 0.2) is 59.4 Å². The van der Waals surface area contributed by atoms with E-state index in [2.05, 4.69) is 17.3 Å². The molecule has 0 saturated heterocycles. The van der Waals surface area contributed by atoms with Crippen LogP contribution in [0.2, 0.25) is 0 Å². The summed E-state index contributed by atoms with van der Waals surface area (Å²) in [5.41, 5.74) is 2.87. The van der Waals surface area contributed by atoms with Gasteiger partial charge >= 0.3 is 0 Å². The number of anilines is 1. The quantitative estimate of drug-likeness (QED) is 0.723. The number of carbonyl (C=O) groups is 1. The Labute approximate surface area is 167 Å². The second-order valence-electron chi connectivity index (χ2n) is 6.67. The molecule has 0 atom stereocenters. The van der Waals surface area contributed by atoms with Crippen LogP contribution in [-0.2, 0) is 17.8 Å². The molecule has 0 saturated carbocycles. The molecule has 3 aromatic rings. The average Bonchev–Trinajstić information content (AvgIpc) is 2.75. The zero-order chi connectivity index (χ0) is 20.2. The van der Waals surface area contributed by atoms with E-state index in [1.807, 2.05) is 42.5 Å². The van der Waals surface area contributed by atoms with Crippen LogP contribution in [-0.4, -0.2) is 28.9 Å². The summed E-state index contributed by atoms with van der Waals surface area (Å²) in [6, 6.07) is 16.1. The van der Waals surface area contributed by atoms with E-state index < -0.39 is 0 Å². The molecular weight excluding hydrogens is 370 g/mol. The van der Waals surface area contributed by atoms with E-state index >= 15 is 0 Å². The lowest BCUT2D eigenvalue weighted by molar-refractivity contribution is -0.117. The highest BCUT2D eigenvalue weighted by atomic mass is 16.6. The number of benzene rings is 2. The maximum absolute atomic E-state index is 12.4. The number of ether oxygens (including phenoxy) is 2. The van der Waals surface area contributed by atoms with Gasteiger partial charge in [-0.25, -0.2) is 4.68 Å². The smallest absolute Gasteiger partial charge is 0.267 e. The van der Waals surface area contributed by atoms with Gasteiger partial charge < -0.3 is 14.8 Å². The zero-order valence-electron chi connectivity index (χ0n) is 16.1. The van der Waals surface area contributed by atoms with Crippen molar-refractivity contribution in [2.45, 2.75) is 19.9 Å². The average molecular weight is 391 g/mol. The number of carbonyl (C=O) groups excluding carboxylic acids is 1. The van der Waals surface area contributed by atoms with Crippen molar-refractivity contribution in [3.8, 4) is 22.8 Å². The third kappa shape index (κ3) is 4.29. The largest absolute Gasteiger partial charge is 0.486 e. The molecule has 0 spiro atoms. The Bertz CT molecular complexity index is 1090. The Morgan fingerprint density at radius 3 is 2.55 bits per heavy atom. The van der Waals surface area contributed by atoms with Crippen LogP contribution < -0.4 is 20.3 Å². The number of nitrogens with zero attached hydrogens (tertiary/aromatic N) is 2. The summed E-state index contributed by atoms with van der Waals surface area (Å²) in [6.45, 7) is 2.90. The molecule has 1 aliphatic heterocycles. The van der Waals surface area contributed by atoms with Crippen LogP contribution in [0.5, 0.6) is 11.5 Å². The van der Waals surface area contributed by atoms with Gasteiger partial charge in [0.15, 0.2) is 11.5 Å². The van der Waals surface area contributed by atoms with E-state index in [1.54, 1.807) is 6.07 Å². The highest BCUT2D eigenvalue weighted by molar-refractivity contribution is 5.90. The molecule has 0 radical (unpaired) electrons. The molecule has 4 rings (SSSR count). The standard InChI is InChI=1S/C22H21N3O4/c1-2-15-3-6-17(7-4-15)23-21(26)14-25-22(27)10-8-18(24-25)16-5-9-19-20(13-16)29-12-11-28-19/h3-10,13H,2,11-12,14H2,1H3,(H,23,26). The second kappa shape index (κ2) is 8.18. The van der Waals surface area contributed by atoms with Crippen molar-refractivity contribution in [2.24, 2.45) is 0 Å². The number of aromatic nitrogens is 2. The van der Waals surface area contributed by atoms with E-state index in [-0.39, 0.29) is 18.0 Å². The minimum Gasteiger partial charge on any atom is -0.486 e. The van der Waals surface area contributed by atoms with Gasteiger partial charge in [0.05, 0.1) is 5.69 Å². The summed E-state index contributed by atoms with van der Waals surface area (Å²) in [7, 11) is 0. The Balaban J connectivity index is 1.52. The summed E-state index contributed by atoms with van der Waals surface area (Å²) in [5, 5.41) is 7.14. The molecule has 1 amide bonds. The fraction of sp³-hybridized carbons (Fsp3) is 0.227. The minimum absolute atomic E-state index is 0.174. The van der Waals surface area contributed by atoms with E-state index in [0.29, 0.717) is 36.1 Å². The number of amides is 1. The zero-order valence-corrected chi connectivity index (χ0v) is 16.1. The predicted molar refractivity (Wildman–Crippen MR) is 109 cm³/mol. The molecule has 2 aromatic carbocycles. The normalized spacial score (nSPS) is 12.4. The summed E-state index contributed by atoms with van der Waals surface area (Å²) < 4.78 is 12.3. The molecule has 7 nitrogen and oxygen atoms in total. The molecule has 1 aromatic heterocycles. The topological polar surface area (TPSA) is 82.5 Å². The van der Waals surface area contributed by atoms with Crippen LogP contribution in [0.3, 0.4) is 0 Å². The third-order valence-electron chi connectivity index (χ3n) is 4.64. The number of aryl methyl sites for hydroxylation is 1. The van der Waals surface area contributed by atoms with E-state index in [1.165, 1.54) is 11.6 Å². The van der Waals surface area contributed by atoms with E-state index in [9.17, 15) is 9.59 Å². The van der Waals surface area contributed by atoms with Gasteiger partial charge in [0, 0.05) is 17.3 Å². The lowest BCUT2D eigenvalue weighted by atomic mass is 10.1. The maximum atomic E-state index is 12.4. The number of hydrogen-bond donors (Lipinski definition) is 1. The van der Waals surface area contributed by atoms with E-state index in [0.717, 1.165) is 16.7 Å². The molecule has 7 heteroatoms. The minimum atomic E-state index is -0.345. The van der Waals surface area contributed by atoms with Gasteiger partial charge in [-0.3, -0.25) is 9.59 Å². The lowest BCUT2D eigenvalue weighted by Crippen LogP contribution is -2.29. The van der Waals surface area contributed by atoms with Crippen LogP contribution in [0.1, 0.15) is 12.5 Å². The van der Waals surface area contributed by atoms with Gasteiger partial charge in [-0.1, -0.05) is 19.1 Å². The first kappa shape index (κ1) is 18.7. The van der Waals surface area contributed by atoms with Crippen molar-refractivity contribution in [1.82, 2.24) is 9.78 Å². The molecular formula is C22H21N3O4. The summed E-state index contributed by atoms with van der Waals surface area (Å²) in [4.78, 5) is 24.6. The monoisotopic (exact) mass is 391 g/mol. The maximum Gasteiger partial charge on any atom is 0.267 e. The van der Waals surface area contributed by atoms with Crippen molar-refractivity contribution < 1.29 is 14.3 Å². The summed E-state index contributed by atoms with van der Waals surface area (Å²) in [6.07, 6.45) is 0.931. The molecule has 1 N–H and O–H groups in total. The summed E-state index contributed by atoms with van der Waals surface area (Å²) in [5.74, 6) is 1.01. The molecule has 0 fully saturated rings. The molecule has 0 bridgehead atoms. The first-order chi connectivity index (χ1) is 14.1. The van der Waals surface area contributed by atoms with Crippen molar-refractivity contribution >= 4 is 11.6 Å². The molecule has 0 unspecified atom stereocenters. The first-order valence-electron chi connectivity index (χ1n) is 9.49. The Hall–Kier alpha value is -3.61. The molecule has 0 aliphatic carbocycles. The third-order valence-corrected chi connectivity index (χ3v) is 4.64. The van der Waals surface area contributed by atoms with Crippen molar-refractivity contribution in [3.63, 3.8) is 0 Å². The second-order valence-corrected chi connectivity index (χ2v) is 6.67. The Kier molecular flexibility index (Phi) is 5.29. The van der Waals surface area contributed by atoms with Crippen LogP contribution in [0.25, 0.3) is 11.3 Å². The molecule has 148 valence electrons. The Morgan fingerprint density at radius 2 is 1.79 bits per heavy atom. The summed E-state index contributed by atoms with van der Waals surface area (Å²) >= 11 is 0. The van der Waals surface area contributed by atoms with Gasteiger partial charge in [0.2, 0.25) is 5.91 Å². The van der Waals surface area contributed by atoms with Crippen molar-refractivity contribution in [3.05, 3.63) is 70.5 Å². The van der Waals surface area contributed by atoms with Crippen LogP contribution in [0, 0.1) is 0 Å². The number of fused-ring (bicyclic) bond motifs is 1. The van der Waals surface area contributed by atoms with Crippen LogP contribution in [0.4, 0.5) is 5.69 Å². The first-order valence-corrected chi connectivity index (χ1v) is 9.49. The molecule has 1 aliphatic rings. The fourth-order valence-corrected chi connectivity index (χ4v) is 3.08. The number of hydrogen-bond acceptors (Lipinski definition) is 5. The van der Waals surface area contributed by atoms with Crippen LogP contribution >= 0.6 is 0 Å². The highest BCUT2D eigenvalue weighted by Crippen LogP contribution is 2.33. The van der Waals surface area contributed by atoms with Gasteiger partial charge in [-0.05, 0) is 48.4 Å². The molecule has 2 heterocycles. The predicted octanol–water partition coefficient (Wildman–Crippen LogP) is 2.88. The highest BCUT2D eigenvalue weighted by Gasteiger charge is 2.14.